The van der Waals surface area contributed by atoms with Gasteiger partial charge in [-0.3, -0.25) is 0 Å². The van der Waals surface area contributed by atoms with Gasteiger partial charge in [-0.05, 0) is 59.5 Å². The van der Waals surface area contributed by atoms with Gasteiger partial charge in [0.1, 0.15) is 5.52 Å². The largest absolute Gasteiger partial charge is 0.441 e. The van der Waals surface area contributed by atoms with E-state index in [-0.39, 0.29) is 11.1 Å². The minimum Gasteiger partial charge on any atom is -0.441 e. The summed E-state index contributed by atoms with van der Waals surface area (Å²) in [4.78, 5) is 4.52. The van der Waals surface area contributed by atoms with Crippen LogP contribution in [0.5, 0.6) is 0 Å². The lowest BCUT2D eigenvalue weighted by atomic mass is 10.0. The Hall–Kier alpha value is -1.48. The SMILES string of the molecule is Cc1nc2cc([C@H](CCc3ccccc3P)O[Si](C)(C)C(C)(C)C)ccc2o1. The molecule has 1 heterocycles. The van der Waals surface area contributed by atoms with Gasteiger partial charge in [0.2, 0.25) is 0 Å². The predicted molar refractivity (Wildman–Crippen MR) is 124 cm³/mol. The average molecular weight is 414 g/mol. The van der Waals surface area contributed by atoms with Gasteiger partial charge in [0, 0.05) is 6.92 Å². The second kappa shape index (κ2) is 8.10. The summed E-state index contributed by atoms with van der Waals surface area (Å²) in [5.41, 5.74) is 4.29. The molecule has 2 atom stereocenters. The molecular weight excluding hydrogens is 381 g/mol. The fraction of sp³-hybridized carbons (Fsp3) is 0.435. The third-order valence-electron chi connectivity index (χ3n) is 5.86. The third kappa shape index (κ3) is 4.73. The number of nitrogens with zero attached hydrogens (tertiary/aromatic N) is 1. The highest BCUT2D eigenvalue weighted by molar-refractivity contribution is 7.27. The highest BCUT2D eigenvalue weighted by Crippen LogP contribution is 2.41. The summed E-state index contributed by atoms with van der Waals surface area (Å²) in [6.45, 7) is 13.4. The number of fused-ring (bicyclic) bond motifs is 1. The highest BCUT2D eigenvalue weighted by Gasteiger charge is 2.39. The van der Waals surface area contributed by atoms with E-state index in [2.05, 4.69) is 84.5 Å². The molecule has 0 fully saturated rings. The lowest BCUT2D eigenvalue weighted by Gasteiger charge is -2.39. The van der Waals surface area contributed by atoms with Crippen molar-refractivity contribution >= 4 is 34.0 Å². The van der Waals surface area contributed by atoms with Crippen LogP contribution >= 0.6 is 9.24 Å². The van der Waals surface area contributed by atoms with Crippen LogP contribution in [0.3, 0.4) is 0 Å². The maximum absolute atomic E-state index is 6.88. The van der Waals surface area contributed by atoms with Crippen molar-refractivity contribution in [3.8, 4) is 0 Å². The molecule has 0 N–H and O–H groups in total. The summed E-state index contributed by atoms with van der Waals surface area (Å²) in [6.07, 6.45) is 1.97. The van der Waals surface area contributed by atoms with Gasteiger partial charge in [-0.1, -0.05) is 51.1 Å². The van der Waals surface area contributed by atoms with E-state index in [1.807, 2.05) is 13.0 Å². The molecule has 28 heavy (non-hydrogen) atoms. The molecule has 0 aliphatic rings. The maximum atomic E-state index is 6.88. The van der Waals surface area contributed by atoms with Crippen LogP contribution in [0.15, 0.2) is 46.9 Å². The first kappa shape index (κ1) is 21.2. The Morgan fingerprint density at radius 3 is 2.54 bits per heavy atom. The third-order valence-corrected chi connectivity index (χ3v) is 10.9. The molecule has 3 aromatic rings. The van der Waals surface area contributed by atoms with Gasteiger partial charge in [-0.2, -0.15) is 0 Å². The molecule has 1 aromatic heterocycles. The van der Waals surface area contributed by atoms with Crippen LogP contribution in [-0.4, -0.2) is 13.3 Å². The van der Waals surface area contributed by atoms with E-state index >= 15 is 0 Å². The van der Waals surface area contributed by atoms with Gasteiger partial charge >= 0.3 is 0 Å². The second-order valence-corrected chi connectivity index (χ2v) is 14.4. The molecule has 150 valence electrons. The van der Waals surface area contributed by atoms with Crippen LogP contribution in [-0.2, 0) is 10.8 Å². The summed E-state index contributed by atoms with van der Waals surface area (Å²) in [5.74, 6) is 0.700. The Labute approximate surface area is 172 Å². The summed E-state index contributed by atoms with van der Waals surface area (Å²) < 4.78 is 12.5. The van der Waals surface area contributed by atoms with Crippen molar-refractivity contribution in [1.29, 1.82) is 0 Å². The summed E-state index contributed by atoms with van der Waals surface area (Å²) in [5, 5.41) is 1.43. The van der Waals surface area contributed by atoms with Crippen molar-refractivity contribution in [2.75, 3.05) is 0 Å². The molecule has 5 heteroatoms. The first-order chi connectivity index (χ1) is 13.1. The van der Waals surface area contributed by atoms with Gasteiger partial charge in [-0.15, -0.1) is 9.24 Å². The number of aryl methyl sites for hydroxylation is 2. The number of aromatic nitrogens is 1. The van der Waals surface area contributed by atoms with Gasteiger partial charge < -0.3 is 8.84 Å². The molecule has 0 aliphatic carbocycles. The second-order valence-electron chi connectivity index (χ2n) is 9.06. The minimum absolute atomic E-state index is 0.0481. The quantitative estimate of drug-likeness (QED) is 0.350. The minimum atomic E-state index is -1.91. The first-order valence-corrected chi connectivity index (χ1v) is 13.4. The van der Waals surface area contributed by atoms with Crippen LogP contribution in [0.4, 0.5) is 0 Å². The number of hydrogen-bond donors (Lipinski definition) is 0. The van der Waals surface area contributed by atoms with Gasteiger partial charge in [0.05, 0.1) is 6.10 Å². The zero-order valence-corrected chi connectivity index (χ0v) is 20.0. The standard InChI is InChI=1S/C23H32NO2PSi/c1-16-24-19-15-18(12-14-21(19)25-16)20(26-28(5,6)23(2,3)4)13-11-17-9-7-8-10-22(17)27/h7-10,12,14-15,20H,11,13,27H2,1-6H3/t20-/m0/s1. The Bertz CT molecular complexity index is 959. The van der Waals surface area contributed by atoms with E-state index in [0.29, 0.717) is 5.89 Å². The fourth-order valence-electron chi connectivity index (χ4n) is 3.13. The average Bonchev–Trinajstić information content (AvgIpc) is 2.97. The van der Waals surface area contributed by atoms with E-state index in [1.165, 1.54) is 16.4 Å². The lowest BCUT2D eigenvalue weighted by Crippen LogP contribution is -2.42. The molecule has 0 spiro atoms. The van der Waals surface area contributed by atoms with E-state index in [9.17, 15) is 0 Å². The fourth-order valence-corrected chi connectivity index (χ4v) is 4.80. The van der Waals surface area contributed by atoms with Gasteiger partial charge in [0.25, 0.3) is 0 Å². The Kier molecular flexibility index (Phi) is 6.14. The van der Waals surface area contributed by atoms with Crippen molar-refractivity contribution in [2.45, 2.75) is 64.8 Å². The molecule has 0 aliphatic heterocycles. The van der Waals surface area contributed by atoms with Crippen LogP contribution in [0, 0.1) is 6.92 Å². The van der Waals surface area contributed by atoms with Crippen LogP contribution < -0.4 is 5.30 Å². The van der Waals surface area contributed by atoms with Gasteiger partial charge in [0.15, 0.2) is 19.8 Å². The first-order valence-electron chi connectivity index (χ1n) is 9.95. The van der Waals surface area contributed by atoms with E-state index < -0.39 is 8.32 Å². The molecule has 0 amide bonds. The Balaban J connectivity index is 1.91. The monoisotopic (exact) mass is 413 g/mol. The maximum Gasteiger partial charge on any atom is 0.192 e. The van der Waals surface area contributed by atoms with Crippen molar-refractivity contribution in [2.24, 2.45) is 0 Å². The lowest BCUT2D eigenvalue weighted by molar-refractivity contribution is 0.174. The Morgan fingerprint density at radius 2 is 1.86 bits per heavy atom. The summed E-state index contributed by atoms with van der Waals surface area (Å²) >= 11 is 0. The van der Waals surface area contributed by atoms with Crippen LogP contribution in [0.2, 0.25) is 18.1 Å². The topological polar surface area (TPSA) is 35.3 Å². The molecule has 2 aromatic carbocycles. The smallest absolute Gasteiger partial charge is 0.192 e. The number of benzene rings is 2. The van der Waals surface area contributed by atoms with Crippen LogP contribution in [0.1, 0.15) is 50.3 Å². The molecule has 0 bridgehead atoms. The molecule has 3 rings (SSSR count). The molecule has 0 saturated carbocycles. The number of hydrogen-bond acceptors (Lipinski definition) is 3. The molecule has 0 saturated heterocycles. The van der Waals surface area contributed by atoms with Gasteiger partial charge in [-0.25, -0.2) is 4.98 Å². The van der Waals surface area contributed by atoms with E-state index in [0.717, 1.165) is 23.9 Å². The predicted octanol–water partition coefficient (Wildman–Crippen LogP) is 6.33. The zero-order valence-electron chi connectivity index (χ0n) is 17.9. The molecule has 3 nitrogen and oxygen atoms in total. The van der Waals surface area contributed by atoms with Crippen molar-refractivity contribution in [3.63, 3.8) is 0 Å². The van der Waals surface area contributed by atoms with Crippen LogP contribution in [0.25, 0.3) is 11.1 Å². The normalized spacial score (nSPS) is 13.8. The van der Waals surface area contributed by atoms with Crippen molar-refractivity contribution in [3.05, 3.63) is 59.5 Å². The molecular formula is C23H32NO2PSi. The van der Waals surface area contributed by atoms with E-state index in [1.54, 1.807) is 0 Å². The van der Waals surface area contributed by atoms with E-state index in [4.69, 9.17) is 8.84 Å². The Morgan fingerprint density at radius 1 is 1.14 bits per heavy atom. The number of oxazole rings is 1. The summed E-state index contributed by atoms with van der Waals surface area (Å²) in [7, 11) is 0.933. The molecule has 1 unspecified atom stereocenters. The summed E-state index contributed by atoms with van der Waals surface area (Å²) in [6, 6.07) is 14.8. The number of rotatable bonds is 6. The van der Waals surface area contributed by atoms with Crippen molar-refractivity contribution in [1.82, 2.24) is 4.98 Å². The highest BCUT2D eigenvalue weighted by atomic mass is 31.0. The van der Waals surface area contributed by atoms with Crippen molar-refractivity contribution < 1.29 is 8.84 Å². The zero-order chi connectivity index (χ0) is 20.5. The molecule has 0 radical (unpaired) electrons.